The Balaban J connectivity index is 2.23. The third-order valence-corrected chi connectivity index (χ3v) is 2.57. The molecule has 104 valence electrons. The maximum atomic E-state index is 13.1. The number of nitrogens with two attached hydrogens (primary N) is 1. The van der Waals surface area contributed by atoms with E-state index in [1.54, 1.807) is 6.07 Å². The lowest BCUT2D eigenvalue weighted by Crippen LogP contribution is -2.15. The van der Waals surface area contributed by atoms with Crippen LogP contribution in [0.25, 0.3) is 0 Å². The molecule has 1 aromatic carbocycles. The van der Waals surface area contributed by atoms with Crippen molar-refractivity contribution >= 4 is 17.3 Å². The third-order valence-electron chi connectivity index (χ3n) is 2.57. The number of benzene rings is 1. The van der Waals surface area contributed by atoms with Crippen molar-refractivity contribution in [2.24, 2.45) is 5.84 Å². The van der Waals surface area contributed by atoms with Gasteiger partial charge < -0.3 is 15.5 Å². The molecule has 0 spiro atoms. The summed E-state index contributed by atoms with van der Waals surface area (Å²) >= 11 is 0. The summed E-state index contributed by atoms with van der Waals surface area (Å²) in [6.07, 6.45) is 1.45. The van der Waals surface area contributed by atoms with Gasteiger partial charge in [-0.3, -0.25) is 15.6 Å². The Morgan fingerprint density at radius 2 is 2.15 bits per heavy atom. The van der Waals surface area contributed by atoms with Crippen LogP contribution < -0.4 is 21.3 Å². The summed E-state index contributed by atoms with van der Waals surface area (Å²) in [6, 6.07) is 6.93. The van der Waals surface area contributed by atoms with Crippen LogP contribution in [0, 0.1) is 5.82 Å². The zero-order valence-corrected chi connectivity index (χ0v) is 10.7. The summed E-state index contributed by atoms with van der Waals surface area (Å²) in [6.45, 7) is 0. The number of ether oxygens (including phenoxy) is 1. The van der Waals surface area contributed by atoms with E-state index in [4.69, 9.17) is 10.6 Å². The quantitative estimate of drug-likeness (QED) is 0.585. The Hall–Kier alpha value is -2.67. The lowest BCUT2D eigenvalue weighted by atomic mass is 10.2. The Kier molecular flexibility index (Phi) is 4.11. The van der Waals surface area contributed by atoms with Crippen molar-refractivity contribution in [3.8, 4) is 5.75 Å². The molecule has 0 unspecified atom stereocenters. The average molecular weight is 276 g/mol. The first-order valence-electron chi connectivity index (χ1n) is 5.71. The Morgan fingerprint density at radius 1 is 1.35 bits per heavy atom. The monoisotopic (exact) mass is 276 g/mol. The Labute approximate surface area is 114 Å². The van der Waals surface area contributed by atoms with Crippen molar-refractivity contribution in [3.63, 3.8) is 0 Å². The van der Waals surface area contributed by atoms with Crippen LogP contribution in [0.4, 0.5) is 15.8 Å². The Bertz CT molecular complexity index is 634. The predicted molar refractivity (Wildman–Crippen MR) is 73.0 cm³/mol. The maximum absolute atomic E-state index is 13.1. The van der Waals surface area contributed by atoms with Gasteiger partial charge in [0.25, 0.3) is 5.91 Å². The van der Waals surface area contributed by atoms with Gasteiger partial charge in [-0.15, -0.1) is 0 Å². The van der Waals surface area contributed by atoms with Gasteiger partial charge >= 0.3 is 0 Å². The molecule has 0 saturated heterocycles. The molecule has 1 heterocycles. The second-order valence-corrected chi connectivity index (χ2v) is 3.87. The van der Waals surface area contributed by atoms with Crippen LogP contribution in [0.2, 0.25) is 0 Å². The topological polar surface area (TPSA) is 89.3 Å². The molecule has 4 N–H and O–H groups in total. The minimum atomic E-state index is -0.452. The first-order valence-corrected chi connectivity index (χ1v) is 5.71. The molecule has 0 aliphatic carbocycles. The number of halogens is 1. The number of hydrogen-bond acceptors (Lipinski definition) is 5. The van der Waals surface area contributed by atoms with E-state index in [0.29, 0.717) is 11.4 Å². The molecule has 6 nitrogen and oxygen atoms in total. The van der Waals surface area contributed by atoms with E-state index in [9.17, 15) is 9.18 Å². The van der Waals surface area contributed by atoms with Gasteiger partial charge in [-0.05, 0) is 24.3 Å². The number of hydrazine groups is 1. The van der Waals surface area contributed by atoms with E-state index < -0.39 is 11.7 Å². The molecule has 0 aliphatic rings. The van der Waals surface area contributed by atoms with Gasteiger partial charge in [0.2, 0.25) is 0 Å². The third kappa shape index (κ3) is 3.01. The molecular weight excluding hydrogens is 263 g/mol. The minimum Gasteiger partial charge on any atom is -0.494 e. The summed E-state index contributed by atoms with van der Waals surface area (Å²) in [7, 11) is 1.39. The van der Waals surface area contributed by atoms with E-state index in [-0.39, 0.29) is 11.4 Å². The first-order chi connectivity index (χ1) is 9.63. The first kappa shape index (κ1) is 13.8. The van der Waals surface area contributed by atoms with Crippen LogP contribution >= 0.6 is 0 Å². The number of carbonyl (C=O) groups is 1. The van der Waals surface area contributed by atoms with Crippen LogP contribution in [-0.2, 0) is 0 Å². The van der Waals surface area contributed by atoms with Crippen molar-refractivity contribution in [2.45, 2.75) is 0 Å². The molecule has 0 saturated carbocycles. The van der Waals surface area contributed by atoms with Crippen molar-refractivity contribution in [3.05, 3.63) is 48.0 Å². The smallest absolute Gasteiger partial charge is 0.274 e. The molecule has 0 radical (unpaired) electrons. The lowest BCUT2D eigenvalue weighted by molar-refractivity contribution is 0.102. The highest BCUT2D eigenvalue weighted by Gasteiger charge is 2.12. The van der Waals surface area contributed by atoms with Crippen LogP contribution in [0.5, 0.6) is 5.75 Å². The lowest BCUT2D eigenvalue weighted by Gasteiger charge is -2.10. The van der Waals surface area contributed by atoms with Crippen LogP contribution in [-0.4, -0.2) is 18.0 Å². The summed E-state index contributed by atoms with van der Waals surface area (Å²) in [4.78, 5) is 16.0. The van der Waals surface area contributed by atoms with Crippen molar-refractivity contribution in [1.82, 2.24) is 4.98 Å². The number of anilines is 2. The van der Waals surface area contributed by atoms with Crippen LogP contribution in [0.3, 0.4) is 0 Å². The number of pyridine rings is 1. The van der Waals surface area contributed by atoms with E-state index >= 15 is 0 Å². The van der Waals surface area contributed by atoms with E-state index in [1.807, 2.05) is 0 Å². The second kappa shape index (κ2) is 5.98. The van der Waals surface area contributed by atoms with Crippen LogP contribution in [0.15, 0.2) is 36.5 Å². The van der Waals surface area contributed by atoms with E-state index in [0.717, 1.165) is 0 Å². The maximum Gasteiger partial charge on any atom is 0.274 e. The zero-order chi connectivity index (χ0) is 14.5. The molecule has 1 aromatic heterocycles. The molecule has 20 heavy (non-hydrogen) atoms. The van der Waals surface area contributed by atoms with Crippen molar-refractivity contribution in [1.29, 1.82) is 0 Å². The van der Waals surface area contributed by atoms with Crippen molar-refractivity contribution in [2.75, 3.05) is 17.9 Å². The number of amides is 1. The van der Waals surface area contributed by atoms with Gasteiger partial charge in [0.05, 0.1) is 18.5 Å². The summed E-state index contributed by atoms with van der Waals surface area (Å²) < 4.78 is 18.1. The fourth-order valence-corrected chi connectivity index (χ4v) is 1.60. The number of carbonyl (C=O) groups excluding carboxylic acids is 1. The van der Waals surface area contributed by atoms with E-state index in [1.165, 1.54) is 37.6 Å². The minimum absolute atomic E-state index is 0.173. The fourth-order valence-electron chi connectivity index (χ4n) is 1.60. The summed E-state index contributed by atoms with van der Waals surface area (Å²) in [5.74, 6) is 4.59. The van der Waals surface area contributed by atoms with Gasteiger partial charge in [-0.2, -0.15) is 0 Å². The average Bonchev–Trinajstić information content (AvgIpc) is 2.49. The molecule has 1 amide bonds. The van der Waals surface area contributed by atoms with Crippen molar-refractivity contribution < 1.29 is 13.9 Å². The van der Waals surface area contributed by atoms with Gasteiger partial charge in [0.1, 0.15) is 17.3 Å². The number of aromatic nitrogens is 1. The highest BCUT2D eigenvalue weighted by molar-refractivity contribution is 6.04. The number of hydrogen-bond donors (Lipinski definition) is 3. The molecule has 2 rings (SSSR count). The van der Waals surface area contributed by atoms with Crippen LogP contribution in [0.1, 0.15) is 10.5 Å². The molecule has 0 atom stereocenters. The van der Waals surface area contributed by atoms with Gasteiger partial charge in [0, 0.05) is 12.3 Å². The number of nitrogen functional groups attached to an aromatic ring is 1. The normalized spacial score (nSPS) is 9.95. The Morgan fingerprint density at radius 3 is 2.85 bits per heavy atom. The van der Waals surface area contributed by atoms with Gasteiger partial charge in [0.15, 0.2) is 0 Å². The molecule has 0 fully saturated rings. The number of rotatable bonds is 4. The molecule has 0 bridgehead atoms. The SMILES string of the molecule is COc1cc(F)ccc1NC(=O)c1cc(NN)ccn1. The molecule has 0 aliphatic heterocycles. The van der Waals surface area contributed by atoms with E-state index in [2.05, 4.69) is 15.7 Å². The summed E-state index contributed by atoms with van der Waals surface area (Å²) in [5.41, 5.74) is 3.50. The largest absolute Gasteiger partial charge is 0.494 e. The number of nitrogens with zero attached hydrogens (tertiary/aromatic N) is 1. The standard InChI is InChI=1S/C13H13FN4O2/c1-20-12-6-8(14)2-3-10(12)17-13(19)11-7-9(18-15)4-5-16-11/h2-7H,15H2,1H3,(H,16,18)(H,17,19). The number of methoxy groups -OCH3 is 1. The zero-order valence-electron chi connectivity index (χ0n) is 10.7. The molecular formula is C13H13FN4O2. The molecule has 2 aromatic rings. The fraction of sp³-hybridized carbons (Fsp3) is 0.0769. The highest BCUT2D eigenvalue weighted by Crippen LogP contribution is 2.25. The van der Waals surface area contributed by atoms with Gasteiger partial charge in [-0.1, -0.05) is 0 Å². The molecule has 7 heteroatoms. The van der Waals surface area contributed by atoms with Gasteiger partial charge in [-0.25, -0.2) is 4.39 Å². The number of nitrogens with one attached hydrogen (secondary N) is 2. The highest BCUT2D eigenvalue weighted by atomic mass is 19.1. The predicted octanol–water partition coefficient (Wildman–Crippen LogP) is 1.77. The second-order valence-electron chi connectivity index (χ2n) is 3.87. The summed E-state index contributed by atoms with van der Waals surface area (Å²) in [5, 5.41) is 2.59.